The molecule has 1 fully saturated rings. The maximum Gasteiger partial charge on any atom is 0.229 e. The lowest BCUT2D eigenvalue weighted by atomic mass is 9.95. The molecule has 0 radical (unpaired) electrons. The van der Waals surface area contributed by atoms with Crippen LogP contribution in [-0.4, -0.2) is 46.1 Å². The summed E-state index contributed by atoms with van der Waals surface area (Å²) in [6.07, 6.45) is 2.87. The van der Waals surface area contributed by atoms with E-state index in [1.807, 2.05) is 39.0 Å². The van der Waals surface area contributed by atoms with E-state index in [1.54, 1.807) is 12.3 Å². The number of nitrogens with zero attached hydrogens (tertiary/aromatic N) is 5. The topological polar surface area (TPSA) is 78.9 Å². The number of rotatable bonds is 5. The number of halogens is 2. The van der Waals surface area contributed by atoms with Gasteiger partial charge in [-0.1, -0.05) is 13.8 Å². The number of aromatic nitrogens is 4. The van der Waals surface area contributed by atoms with Gasteiger partial charge in [0.05, 0.1) is 18.1 Å². The van der Waals surface area contributed by atoms with Crippen molar-refractivity contribution in [1.29, 1.82) is 0 Å². The molecule has 180 valence electrons. The van der Waals surface area contributed by atoms with E-state index in [1.165, 1.54) is 6.07 Å². The van der Waals surface area contributed by atoms with Crippen LogP contribution < -0.4 is 15.5 Å². The van der Waals surface area contributed by atoms with Gasteiger partial charge in [-0.05, 0) is 48.7 Å². The monoisotopic (exact) mass is 475 g/mol. The van der Waals surface area contributed by atoms with Crippen LogP contribution in [0, 0.1) is 18.6 Å². The Morgan fingerprint density at radius 2 is 1.77 bits per heavy atom. The average Bonchev–Trinajstić information content (AvgIpc) is 2.86. The van der Waals surface area contributed by atoms with Crippen molar-refractivity contribution in [2.24, 2.45) is 0 Å². The minimum absolute atomic E-state index is 0.0102. The predicted octanol–water partition coefficient (Wildman–Crippen LogP) is 4.95. The van der Waals surface area contributed by atoms with E-state index < -0.39 is 11.6 Å². The van der Waals surface area contributed by atoms with Gasteiger partial charge in [-0.3, -0.25) is 4.98 Å². The Morgan fingerprint density at radius 1 is 0.971 bits per heavy atom. The number of hydrogen-bond donors (Lipinski definition) is 2. The number of aryl methyl sites for hydroxylation is 1. The van der Waals surface area contributed by atoms with Crippen LogP contribution in [0.5, 0.6) is 0 Å². The predicted molar refractivity (Wildman–Crippen MR) is 134 cm³/mol. The first-order valence-electron chi connectivity index (χ1n) is 11.7. The van der Waals surface area contributed by atoms with Gasteiger partial charge < -0.3 is 15.5 Å². The van der Waals surface area contributed by atoms with Crippen molar-refractivity contribution < 1.29 is 8.78 Å². The third kappa shape index (κ3) is 4.77. The summed E-state index contributed by atoms with van der Waals surface area (Å²) < 4.78 is 29.9. The fourth-order valence-electron chi connectivity index (χ4n) is 4.37. The summed E-state index contributed by atoms with van der Waals surface area (Å²) in [6, 6.07) is 8.77. The molecule has 0 unspecified atom stereocenters. The standard InChI is InChI=1S/C26H27F2N7/c1-15(2)19-10-16(3)32-25-20(19)11-17(12-21(25)27)24-22(28)14-31-26(34-24)33-23-5-4-18(13-30-23)35-8-6-29-7-9-35/h4-5,10-15,29H,6-9H2,1-3H3,(H,30,31,33,34). The number of piperazine rings is 1. The second kappa shape index (κ2) is 9.50. The highest BCUT2D eigenvalue weighted by Crippen LogP contribution is 2.32. The summed E-state index contributed by atoms with van der Waals surface area (Å²) in [5.41, 5.74) is 3.34. The van der Waals surface area contributed by atoms with Crippen LogP contribution in [0.3, 0.4) is 0 Å². The molecule has 0 saturated carbocycles. The molecule has 9 heteroatoms. The van der Waals surface area contributed by atoms with Crippen molar-refractivity contribution in [3.05, 3.63) is 65.6 Å². The molecule has 0 aliphatic carbocycles. The molecule has 4 aromatic rings. The van der Waals surface area contributed by atoms with Gasteiger partial charge in [-0.2, -0.15) is 0 Å². The first-order chi connectivity index (χ1) is 16.9. The number of nitrogens with one attached hydrogen (secondary N) is 2. The fraction of sp³-hybridized carbons (Fsp3) is 0.308. The molecule has 1 saturated heterocycles. The van der Waals surface area contributed by atoms with Crippen LogP contribution in [-0.2, 0) is 0 Å². The van der Waals surface area contributed by atoms with Crippen molar-refractivity contribution in [1.82, 2.24) is 25.3 Å². The fourth-order valence-corrected chi connectivity index (χ4v) is 4.37. The van der Waals surface area contributed by atoms with Crippen LogP contribution in [0.25, 0.3) is 22.2 Å². The van der Waals surface area contributed by atoms with Gasteiger partial charge in [0.15, 0.2) is 5.82 Å². The molecule has 1 aromatic carbocycles. The lowest BCUT2D eigenvalue weighted by Gasteiger charge is -2.29. The quantitative estimate of drug-likeness (QED) is 0.423. The van der Waals surface area contributed by atoms with E-state index in [-0.39, 0.29) is 23.1 Å². The van der Waals surface area contributed by atoms with E-state index in [9.17, 15) is 4.39 Å². The largest absolute Gasteiger partial charge is 0.368 e. The number of anilines is 3. The van der Waals surface area contributed by atoms with Gasteiger partial charge in [-0.25, -0.2) is 23.7 Å². The smallest absolute Gasteiger partial charge is 0.229 e. The van der Waals surface area contributed by atoms with Crippen LogP contribution in [0.1, 0.15) is 31.0 Å². The number of hydrogen-bond acceptors (Lipinski definition) is 7. The third-order valence-corrected chi connectivity index (χ3v) is 6.14. The number of pyridine rings is 2. The van der Waals surface area contributed by atoms with Crippen molar-refractivity contribution in [3.63, 3.8) is 0 Å². The average molecular weight is 476 g/mol. The molecule has 1 aliphatic heterocycles. The Balaban J connectivity index is 1.46. The summed E-state index contributed by atoms with van der Waals surface area (Å²) in [5, 5.41) is 7.00. The van der Waals surface area contributed by atoms with E-state index in [2.05, 4.69) is 35.5 Å². The summed E-state index contributed by atoms with van der Waals surface area (Å²) in [7, 11) is 0. The summed E-state index contributed by atoms with van der Waals surface area (Å²) in [6.45, 7) is 9.64. The molecule has 0 spiro atoms. The van der Waals surface area contributed by atoms with Crippen LogP contribution in [0.4, 0.5) is 26.2 Å². The zero-order valence-electron chi connectivity index (χ0n) is 19.9. The van der Waals surface area contributed by atoms with E-state index in [0.29, 0.717) is 16.8 Å². The second-order valence-corrected chi connectivity index (χ2v) is 9.02. The normalized spacial score (nSPS) is 14.1. The lowest BCUT2D eigenvalue weighted by molar-refractivity contribution is 0.589. The second-order valence-electron chi connectivity index (χ2n) is 9.02. The molecule has 0 bridgehead atoms. The van der Waals surface area contributed by atoms with Gasteiger partial charge >= 0.3 is 0 Å². The summed E-state index contributed by atoms with van der Waals surface area (Å²) in [4.78, 5) is 19.5. The number of benzene rings is 1. The Morgan fingerprint density at radius 3 is 2.49 bits per heavy atom. The first-order valence-corrected chi connectivity index (χ1v) is 11.7. The summed E-state index contributed by atoms with van der Waals surface area (Å²) in [5.74, 6) is -0.289. The Labute approximate surface area is 202 Å². The zero-order valence-corrected chi connectivity index (χ0v) is 19.9. The van der Waals surface area contributed by atoms with Crippen molar-refractivity contribution >= 4 is 28.4 Å². The molecule has 3 aromatic heterocycles. The minimum Gasteiger partial charge on any atom is -0.368 e. The molecule has 1 aliphatic rings. The van der Waals surface area contributed by atoms with E-state index in [0.717, 1.165) is 49.3 Å². The van der Waals surface area contributed by atoms with Gasteiger partial charge in [0, 0.05) is 42.8 Å². The highest BCUT2D eigenvalue weighted by molar-refractivity contribution is 5.88. The Hall–Kier alpha value is -3.72. The summed E-state index contributed by atoms with van der Waals surface area (Å²) >= 11 is 0. The van der Waals surface area contributed by atoms with Crippen LogP contribution in [0.2, 0.25) is 0 Å². The first kappa shape index (κ1) is 23.0. The van der Waals surface area contributed by atoms with Crippen molar-refractivity contribution in [2.75, 3.05) is 36.4 Å². The van der Waals surface area contributed by atoms with E-state index >= 15 is 4.39 Å². The molecule has 0 atom stereocenters. The molecule has 0 amide bonds. The number of fused-ring (bicyclic) bond motifs is 1. The Bertz CT molecular complexity index is 1370. The van der Waals surface area contributed by atoms with Crippen LogP contribution >= 0.6 is 0 Å². The maximum absolute atomic E-state index is 15.1. The van der Waals surface area contributed by atoms with Gasteiger partial charge in [0.1, 0.15) is 22.8 Å². The molecule has 4 heterocycles. The van der Waals surface area contributed by atoms with Crippen molar-refractivity contribution in [3.8, 4) is 11.3 Å². The molecule has 2 N–H and O–H groups in total. The van der Waals surface area contributed by atoms with Gasteiger partial charge in [-0.15, -0.1) is 0 Å². The van der Waals surface area contributed by atoms with Gasteiger partial charge in [0.2, 0.25) is 5.95 Å². The molecule has 35 heavy (non-hydrogen) atoms. The van der Waals surface area contributed by atoms with E-state index in [4.69, 9.17) is 0 Å². The molecular formula is C26H27F2N7. The highest BCUT2D eigenvalue weighted by atomic mass is 19.1. The molecule has 5 rings (SSSR count). The van der Waals surface area contributed by atoms with Gasteiger partial charge in [0.25, 0.3) is 0 Å². The third-order valence-electron chi connectivity index (χ3n) is 6.14. The molecule has 7 nitrogen and oxygen atoms in total. The minimum atomic E-state index is -0.637. The van der Waals surface area contributed by atoms with Crippen LogP contribution in [0.15, 0.2) is 42.7 Å². The SMILES string of the molecule is Cc1cc(C(C)C)c2cc(-c3nc(Nc4ccc(N5CCNCC5)cn4)ncc3F)cc(F)c2n1. The maximum atomic E-state index is 15.1. The lowest BCUT2D eigenvalue weighted by Crippen LogP contribution is -2.43. The zero-order chi connectivity index (χ0) is 24.5. The van der Waals surface area contributed by atoms with Crippen molar-refractivity contribution in [2.45, 2.75) is 26.7 Å². The highest BCUT2D eigenvalue weighted by Gasteiger charge is 2.17. The Kier molecular flexibility index (Phi) is 6.25. The molecular weight excluding hydrogens is 448 g/mol.